The van der Waals surface area contributed by atoms with E-state index in [-0.39, 0.29) is 11.9 Å². The van der Waals surface area contributed by atoms with E-state index >= 15 is 0 Å². The first-order valence-corrected chi connectivity index (χ1v) is 7.57. The molecule has 0 spiro atoms. The third-order valence-electron chi connectivity index (χ3n) is 3.26. The van der Waals surface area contributed by atoms with Crippen molar-refractivity contribution < 1.29 is 9.53 Å². The molecule has 0 rings (SSSR count). The predicted octanol–water partition coefficient (Wildman–Crippen LogP) is 2.61. The highest BCUT2D eigenvalue weighted by molar-refractivity contribution is 5.84. The van der Waals surface area contributed by atoms with Gasteiger partial charge >= 0.3 is 0 Å². The second-order valence-electron chi connectivity index (χ2n) is 5.77. The number of nitrogens with one attached hydrogen (secondary N) is 1. The Bertz CT molecular complexity index is 244. The molecular weight excluding hydrogens is 240 g/mol. The van der Waals surface area contributed by atoms with E-state index in [0.29, 0.717) is 0 Å². The van der Waals surface area contributed by atoms with E-state index in [1.54, 1.807) is 0 Å². The van der Waals surface area contributed by atoms with Crippen LogP contribution in [0.3, 0.4) is 0 Å². The fourth-order valence-electron chi connectivity index (χ4n) is 2.14. The Kier molecular flexibility index (Phi) is 9.88. The number of nitrogens with two attached hydrogens (primary N) is 1. The SMILES string of the molecule is CCCCCOCCCCC(C)(NC(C)C)C(N)=O. The molecule has 1 atom stereocenters. The van der Waals surface area contributed by atoms with Gasteiger partial charge in [-0.25, -0.2) is 0 Å². The van der Waals surface area contributed by atoms with Crippen molar-refractivity contribution in [1.82, 2.24) is 5.32 Å². The average molecular weight is 272 g/mol. The Balaban J connectivity index is 3.74. The normalized spacial score (nSPS) is 14.6. The van der Waals surface area contributed by atoms with Gasteiger partial charge in [0.1, 0.15) is 0 Å². The second kappa shape index (κ2) is 10.2. The van der Waals surface area contributed by atoms with Gasteiger partial charge in [0.2, 0.25) is 5.91 Å². The Morgan fingerprint density at radius 2 is 1.79 bits per heavy atom. The molecular formula is C15H32N2O2. The maximum Gasteiger partial charge on any atom is 0.237 e. The highest BCUT2D eigenvalue weighted by Crippen LogP contribution is 2.14. The minimum Gasteiger partial charge on any atom is -0.381 e. The van der Waals surface area contributed by atoms with Crippen LogP contribution in [-0.4, -0.2) is 30.7 Å². The molecule has 19 heavy (non-hydrogen) atoms. The summed E-state index contributed by atoms with van der Waals surface area (Å²) in [5.41, 5.74) is 4.88. The molecule has 114 valence electrons. The zero-order valence-corrected chi connectivity index (χ0v) is 13.1. The number of carbonyl (C=O) groups excluding carboxylic acids is 1. The molecule has 1 amide bonds. The standard InChI is InChI=1S/C15H32N2O2/c1-5-6-8-11-19-12-9-7-10-15(4,14(16)18)17-13(2)3/h13,17H,5-12H2,1-4H3,(H2,16,18). The lowest BCUT2D eigenvalue weighted by molar-refractivity contribution is -0.124. The van der Waals surface area contributed by atoms with Gasteiger partial charge in [-0.3, -0.25) is 4.79 Å². The zero-order valence-electron chi connectivity index (χ0n) is 13.1. The molecule has 0 aliphatic heterocycles. The highest BCUT2D eigenvalue weighted by atomic mass is 16.5. The molecule has 0 radical (unpaired) electrons. The summed E-state index contributed by atoms with van der Waals surface area (Å²) in [6.45, 7) is 9.76. The molecule has 0 aromatic rings. The van der Waals surface area contributed by atoms with Gasteiger partial charge in [-0.1, -0.05) is 19.8 Å². The molecule has 0 saturated carbocycles. The van der Waals surface area contributed by atoms with Crippen molar-refractivity contribution in [1.29, 1.82) is 0 Å². The van der Waals surface area contributed by atoms with E-state index in [9.17, 15) is 4.79 Å². The first kappa shape index (κ1) is 18.4. The summed E-state index contributed by atoms with van der Waals surface area (Å²) in [6, 6.07) is 0.253. The van der Waals surface area contributed by atoms with Crippen LogP contribution in [0.4, 0.5) is 0 Å². The molecule has 4 heteroatoms. The molecule has 4 nitrogen and oxygen atoms in total. The van der Waals surface area contributed by atoms with Crippen LogP contribution in [0.5, 0.6) is 0 Å². The molecule has 0 aliphatic rings. The van der Waals surface area contributed by atoms with Crippen LogP contribution in [0.25, 0.3) is 0 Å². The number of hydrogen-bond donors (Lipinski definition) is 2. The Morgan fingerprint density at radius 1 is 1.21 bits per heavy atom. The number of amides is 1. The smallest absolute Gasteiger partial charge is 0.237 e. The molecule has 3 N–H and O–H groups in total. The minimum atomic E-state index is -0.601. The third kappa shape index (κ3) is 9.00. The van der Waals surface area contributed by atoms with Gasteiger partial charge in [-0.15, -0.1) is 0 Å². The summed E-state index contributed by atoms with van der Waals surface area (Å²) in [6.07, 6.45) is 6.30. The zero-order chi connectivity index (χ0) is 14.7. The van der Waals surface area contributed by atoms with Gasteiger partial charge in [0.05, 0.1) is 5.54 Å². The van der Waals surface area contributed by atoms with Crippen molar-refractivity contribution >= 4 is 5.91 Å². The van der Waals surface area contributed by atoms with E-state index in [4.69, 9.17) is 10.5 Å². The van der Waals surface area contributed by atoms with Crippen molar-refractivity contribution in [3.05, 3.63) is 0 Å². The number of ether oxygens (including phenoxy) is 1. The predicted molar refractivity (Wildman–Crippen MR) is 80.1 cm³/mol. The summed E-state index contributed by atoms with van der Waals surface area (Å²) < 4.78 is 5.56. The largest absolute Gasteiger partial charge is 0.381 e. The number of rotatable bonds is 12. The van der Waals surface area contributed by atoms with Gasteiger partial charge in [0.15, 0.2) is 0 Å². The fourth-order valence-corrected chi connectivity index (χ4v) is 2.14. The first-order chi connectivity index (χ1) is 8.92. The van der Waals surface area contributed by atoms with Gasteiger partial charge in [-0.2, -0.15) is 0 Å². The average Bonchev–Trinajstić information content (AvgIpc) is 2.31. The molecule has 0 fully saturated rings. The maximum absolute atomic E-state index is 11.5. The summed E-state index contributed by atoms with van der Waals surface area (Å²) in [5.74, 6) is -0.273. The third-order valence-corrected chi connectivity index (χ3v) is 3.26. The van der Waals surface area contributed by atoms with Gasteiger partial charge in [0, 0.05) is 19.3 Å². The lowest BCUT2D eigenvalue weighted by Crippen LogP contribution is -2.55. The quantitative estimate of drug-likeness (QED) is 0.537. The Labute approximate surface area is 118 Å². The first-order valence-electron chi connectivity index (χ1n) is 7.57. The Morgan fingerprint density at radius 3 is 2.26 bits per heavy atom. The van der Waals surface area contributed by atoms with Gasteiger partial charge in [-0.05, 0) is 46.5 Å². The van der Waals surface area contributed by atoms with Gasteiger partial charge in [0.25, 0.3) is 0 Å². The van der Waals surface area contributed by atoms with Crippen molar-refractivity contribution in [3.8, 4) is 0 Å². The van der Waals surface area contributed by atoms with Crippen molar-refractivity contribution in [2.24, 2.45) is 5.73 Å². The maximum atomic E-state index is 11.5. The second-order valence-corrected chi connectivity index (χ2v) is 5.77. The lowest BCUT2D eigenvalue weighted by atomic mass is 9.93. The van der Waals surface area contributed by atoms with Crippen molar-refractivity contribution in [3.63, 3.8) is 0 Å². The van der Waals surface area contributed by atoms with E-state index < -0.39 is 5.54 Å². The molecule has 0 saturated heterocycles. The Hall–Kier alpha value is -0.610. The molecule has 0 aromatic heterocycles. The topological polar surface area (TPSA) is 64.3 Å². The van der Waals surface area contributed by atoms with E-state index in [2.05, 4.69) is 12.2 Å². The number of unbranched alkanes of at least 4 members (excludes halogenated alkanes) is 3. The summed E-state index contributed by atoms with van der Waals surface area (Å²) >= 11 is 0. The highest BCUT2D eigenvalue weighted by Gasteiger charge is 2.30. The molecule has 1 unspecified atom stereocenters. The van der Waals surface area contributed by atoms with Crippen LogP contribution in [0.1, 0.15) is 66.2 Å². The lowest BCUT2D eigenvalue weighted by Gasteiger charge is -2.29. The van der Waals surface area contributed by atoms with Crippen molar-refractivity contribution in [2.75, 3.05) is 13.2 Å². The summed E-state index contributed by atoms with van der Waals surface area (Å²) in [7, 11) is 0. The van der Waals surface area contributed by atoms with E-state index in [1.807, 2.05) is 20.8 Å². The van der Waals surface area contributed by atoms with E-state index in [1.165, 1.54) is 12.8 Å². The number of primary amides is 1. The minimum absolute atomic E-state index is 0.253. The van der Waals surface area contributed by atoms with Crippen LogP contribution in [0, 0.1) is 0 Å². The van der Waals surface area contributed by atoms with Crippen molar-refractivity contribution in [2.45, 2.75) is 77.8 Å². The van der Waals surface area contributed by atoms with Gasteiger partial charge < -0.3 is 15.8 Å². The van der Waals surface area contributed by atoms with Crippen LogP contribution >= 0.6 is 0 Å². The summed E-state index contributed by atoms with van der Waals surface area (Å²) in [5, 5.41) is 3.26. The van der Waals surface area contributed by atoms with Crippen LogP contribution in [0.15, 0.2) is 0 Å². The molecule has 0 bridgehead atoms. The molecule has 0 aromatic carbocycles. The molecule has 0 aliphatic carbocycles. The van der Waals surface area contributed by atoms with E-state index in [0.717, 1.165) is 38.9 Å². The van der Waals surface area contributed by atoms with Crippen LogP contribution in [0.2, 0.25) is 0 Å². The number of carbonyl (C=O) groups is 1. The van der Waals surface area contributed by atoms with Crippen LogP contribution in [-0.2, 0) is 9.53 Å². The fraction of sp³-hybridized carbons (Fsp3) is 0.933. The summed E-state index contributed by atoms with van der Waals surface area (Å²) in [4.78, 5) is 11.5. The molecule has 0 heterocycles. The number of hydrogen-bond acceptors (Lipinski definition) is 3. The monoisotopic (exact) mass is 272 g/mol. The van der Waals surface area contributed by atoms with Crippen LogP contribution < -0.4 is 11.1 Å².